The normalized spacial score (nSPS) is 21.3. The topological polar surface area (TPSA) is 58.6 Å². The van der Waals surface area contributed by atoms with Crippen molar-refractivity contribution in [1.29, 1.82) is 0 Å². The van der Waals surface area contributed by atoms with Gasteiger partial charge >= 0.3 is 6.18 Å². The van der Waals surface area contributed by atoms with Crippen LogP contribution in [0, 0.1) is 5.92 Å². The summed E-state index contributed by atoms with van der Waals surface area (Å²) in [5.74, 6) is -2.76. The van der Waals surface area contributed by atoms with Crippen LogP contribution in [0.3, 0.4) is 0 Å². The van der Waals surface area contributed by atoms with Gasteiger partial charge in [0.05, 0.1) is 0 Å². The fourth-order valence-corrected chi connectivity index (χ4v) is 3.20. The Hall–Kier alpha value is -0.590. The van der Waals surface area contributed by atoms with E-state index in [2.05, 4.69) is 5.16 Å². The van der Waals surface area contributed by atoms with Crippen molar-refractivity contribution in [3.05, 3.63) is 0 Å². The minimum Gasteiger partial charge on any atom is -0.409 e. The first-order chi connectivity index (χ1) is 7.45. The van der Waals surface area contributed by atoms with Crippen LogP contribution in [0.1, 0.15) is 25.7 Å². The SMILES string of the molecule is NC(=NO)C(CSC1CCCC1)C(F)(F)F. The molecule has 1 atom stereocenters. The second-order valence-corrected chi connectivity index (χ2v) is 5.19. The lowest BCUT2D eigenvalue weighted by atomic mass is 10.1. The molecule has 0 amide bonds. The zero-order valence-corrected chi connectivity index (χ0v) is 9.52. The van der Waals surface area contributed by atoms with Crippen LogP contribution in [0.4, 0.5) is 13.2 Å². The molecule has 1 fully saturated rings. The van der Waals surface area contributed by atoms with Crippen molar-refractivity contribution in [1.82, 2.24) is 0 Å². The van der Waals surface area contributed by atoms with Crippen LogP contribution >= 0.6 is 11.8 Å². The van der Waals surface area contributed by atoms with Crippen molar-refractivity contribution in [2.45, 2.75) is 37.1 Å². The van der Waals surface area contributed by atoms with Crippen LogP contribution in [-0.2, 0) is 0 Å². The zero-order chi connectivity index (χ0) is 12.2. The standard InChI is InChI=1S/C9H15F3N2OS/c10-9(11,12)7(8(13)14-15)5-16-6-3-1-2-4-6/h6-7,15H,1-5H2,(H2,13,14). The molecule has 16 heavy (non-hydrogen) atoms. The van der Waals surface area contributed by atoms with Gasteiger partial charge in [-0.25, -0.2) is 0 Å². The van der Waals surface area contributed by atoms with Gasteiger partial charge in [-0.2, -0.15) is 24.9 Å². The van der Waals surface area contributed by atoms with Crippen molar-refractivity contribution in [3.63, 3.8) is 0 Å². The molecule has 0 heterocycles. The molecule has 1 aliphatic carbocycles. The molecule has 3 N–H and O–H groups in total. The largest absolute Gasteiger partial charge is 0.409 e. The Morgan fingerprint density at radius 1 is 1.44 bits per heavy atom. The summed E-state index contributed by atoms with van der Waals surface area (Å²) in [7, 11) is 0. The van der Waals surface area contributed by atoms with Crippen LogP contribution < -0.4 is 5.73 Å². The van der Waals surface area contributed by atoms with Gasteiger partial charge in [-0.1, -0.05) is 18.0 Å². The number of halogens is 3. The predicted octanol–water partition coefficient (Wildman–Crippen LogP) is 2.59. The molecule has 0 aromatic rings. The number of oxime groups is 1. The third-order valence-corrected chi connectivity index (χ3v) is 4.14. The van der Waals surface area contributed by atoms with Gasteiger partial charge in [-0.05, 0) is 12.8 Å². The van der Waals surface area contributed by atoms with Gasteiger partial charge in [-0.3, -0.25) is 0 Å². The molecule has 1 rings (SSSR count). The summed E-state index contributed by atoms with van der Waals surface area (Å²) in [5, 5.41) is 11.1. The lowest BCUT2D eigenvalue weighted by molar-refractivity contribution is -0.150. The summed E-state index contributed by atoms with van der Waals surface area (Å²) in [6.45, 7) is 0. The summed E-state index contributed by atoms with van der Waals surface area (Å²) in [5.41, 5.74) is 5.05. The maximum Gasteiger partial charge on any atom is 0.399 e. The second kappa shape index (κ2) is 5.65. The molecule has 1 saturated carbocycles. The highest BCUT2D eigenvalue weighted by molar-refractivity contribution is 7.99. The Morgan fingerprint density at radius 3 is 2.44 bits per heavy atom. The fraction of sp³-hybridized carbons (Fsp3) is 0.889. The molecular formula is C9H15F3N2OS. The molecule has 3 nitrogen and oxygen atoms in total. The number of rotatable bonds is 4. The Bertz CT molecular complexity index is 252. The first-order valence-electron chi connectivity index (χ1n) is 5.11. The van der Waals surface area contributed by atoms with Gasteiger partial charge in [-0.15, -0.1) is 0 Å². The highest BCUT2D eigenvalue weighted by Crippen LogP contribution is 2.35. The minimum absolute atomic E-state index is 0.163. The first-order valence-corrected chi connectivity index (χ1v) is 6.15. The van der Waals surface area contributed by atoms with Crippen molar-refractivity contribution in [2.24, 2.45) is 16.8 Å². The number of nitrogens with two attached hydrogens (primary N) is 1. The van der Waals surface area contributed by atoms with Gasteiger partial charge in [0, 0.05) is 11.0 Å². The lowest BCUT2D eigenvalue weighted by Gasteiger charge is -2.20. The second-order valence-electron chi connectivity index (χ2n) is 3.86. The van der Waals surface area contributed by atoms with Crippen LogP contribution in [0.5, 0.6) is 0 Å². The summed E-state index contributed by atoms with van der Waals surface area (Å²) in [6, 6.07) is 0. The molecule has 0 aromatic carbocycles. The van der Waals surface area contributed by atoms with E-state index in [0.717, 1.165) is 25.7 Å². The van der Waals surface area contributed by atoms with E-state index < -0.39 is 17.9 Å². The van der Waals surface area contributed by atoms with E-state index in [1.807, 2.05) is 0 Å². The Kier molecular flexibility index (Phi) is 4.76. The van der Waals surface area contributed by atoms with Crippen LogP contribution in [-0.4, -0.2) is 28.2 Å². The van der Waals surface area contributed by atoms with Gasteiger partial charge < -0.3 is 10.9 Å². The molecule has 0 aliphatic heterocycles. The smallest absolute Gasteiger partial charge is 0.399 e. The highest BCUT2D eigenvalue weighted by Gasteiger charge is 2.43. The monoisotopic (exact) mass is 256 g/mol. The molecule has 0 saturated heterocycles. The molecule has 0 bridgehead atoms. The molecule has 94 valence electrons. The van der Waals surface area contributed by atoms with Gasteiger partial charge in [0.1, 0.15) is 5.92 Å². The van der Waals surface area contributed by atoms with Crippen LogP contribution in [0.15, 0.2) is 5.16 Å². The Morgan fingerprint density at radius 2 is 2.00 bits per heavy atom. The molecule has 0 radical (unpaired) electrons. The number of nitrogens with zero attached hydrogens (tertiary/aromatic N) is 1. The quantitative estimate of drug-likeness (QED) is 0.352. The number of hydrogen-bond acceptors (Lipinski definition) is 3. The molecule has 1 aliphatic rings. The molecule has 0 aromatic heterocycles. The highest BCUT2D eigenvalue weighted by atomic mass is 32.2. The van der Waals surface area contributed by atoms with E-state index in [4.69, 9.17) is 10.9 Å². The number of amidine groups is 1. The molecule has 0 spiro atoms. The average molecular weight is 256 g/mol. The van der Waals surface area contributed by atoms with Crippen molar-refractivity contribution in [3.8, 4) is 0 Å². The molecule has 7 heteroatoms. The van der Waals surface area contributed by atoms with E-state index >= 15 is 0 Å². The van der Waals surface area contributed by atoms with Crippen molar-refractivity contribution >= 4 is 17.6 Å². The Labute approximate surface area is 96.3 Å². The maximum absolute atomic E-state index is 12.5. The van der Waals surface area contributed by atoms with Gasteiger partial charge in [0.15, 0.2) is 5.84 Å². The third-order valence-electron chi connectivity index (χ3n) is 2.67. The zero-order valence-electron chi connectivity index (χ0n) is 8.70. The fourth-order valence-electron chi connectivity index (χ4n) is 1.70. The molecular weight excluding hydrogens is 241 g/mol. The summed E-state index contributed by atoms with van der Waals surface area (Å²) in [4.78, 5) is 0. The number of alkyl halides is 3. The average Bonchev–Trinajstić information content (AvgIpc) is 2.68. The van der Waals surface area contributed by atoms with Gasteiger partial charge in [0.25, 0.3) is 0 Å². The van der Waals surface area contributed by atoms with E-state index in [1.165, 1.54) is 11.8 Å². The first kappa shape index (κ1) is 13.5. The van der Waals surface area contributed by atoms with Crippen molar-refractivity contribution in [2.75, 3.05) is 5.75 Å². The van der Waals surface area contributed by atoms with E-state index in [0.29, 0.717) is 0 Å². The van der Waals surface area contributed by atoms with Crippen LogP contribution in [0.2, 0.25) is 0 Å². The van der Waals surface area contributed by atoms with Crippen LogP contribution in [0.25, 0.3) is 0 Å². The number of hydrogen-bond donors (Lipinski definition) is 2. The van der Waals surface area contributed by atoms with E-state index in [1.54, 1.807) is 0 Å². The summed E-state index contributed by atoms with van der Waals surface area (Å²) < 4.78 is 37.6. The predicted molar refractivity (Wildman–Crippen MR) is 57.7 cm³/mol. The Balaban J connectivity index is 2.50. The molecule has 1 unspecified atom stereocenters. The third kappa shape index (κ3) is 3.77. The minimum atomic E-state index is -4.44. The van der Waals surface area contributed by atoms with Crippen molar-refractivity contribution < 1.29 is 18.4 Å². The summed E-state index contributed by atoms with van der Waals surface area (Å²) in [6.07, 6.45) is -0.353. The summed E-state index contributed by atoms with van der Waals surface area (Å²) >= 11 is 1.27. The maximum atomic E-state index is 12.5. The van der Waals surface area contributed by atoms with E-state index in [-0.39, 0.29) is 11.0 Å². The van der Waals surface area contributed by atoms with E-state index in [9.17, 15) is 13.2 Å². The lowest BCUT2D eigenvalue weighted by Crippen LogP contribution is -2.38. The van der Waals surface area contributed by atoms with Gasteiger partial charge in [0.2, 0.25) is 0 Å². The number of thioether (sulfide) groups is 1.